The van der Waals surface area contributed by atoms with Crippen LogP contribution in [0.2, 0.25) is 0 Å². The standard InChI is InChI=1S/C52H34N4.C45H31N3.C39H27N3/c1-3-15-44-35(11-1)13-9-17-46(44)41-31-42(47-18-10-14-36-12-2-4-16-45(36)47)33-43(32-41)52-55-50(39-25-21-37(22-26-39)48-19-5-7-29-53-48)34-51(56-52)40-27-23-38(24-28-40)49-20-6-8-30-54-49;1-5-13-32(14-6-1)36-21-23-46-42(28-36)40-25-38(26-41(27-40)43-29-37(22-24-47-43)33-15-7-2-8-16-33)39-30-44(34-17-9-3-10-18-34)48-45(31-39)35-19-11-4-12-20-35;1-4-12-28(13-5-1)31-19-20-37(41-27-31)35-23-32(22-34(24-35)36-18-10-11-21-40-36)33-25-38(29-14-6-2-7-15-29)42-39(26-33)30-16-8-3-9-17-30/h1-34H;1-31H;1-27H. The summed E-state index contributed by atoms with van der Waals surface area (Å²) in [5.74, 6) is 0.656. The molecular formula is C136H92N10. The normalized spacial score (nSPS) is 11.0. The molecule has 25 rings (SSSR count). The van der Waals surface area contributed by atoms with Gasteiger partial charge >= 0.3 is 0 Å². The Hall–Kier alpha value is -19.7. The van der Waals surface area contributed by atoms with E-state index in [0.717, 1.165) is 219 Å². The Labute approximate surface area is 848 Å². The number of hydrogen-bond acceptors (Lipinski definition) is 10. The third-order valence-corrected chi connectivity index (χ3v) is 26.3. The van der Waals surface area contributed by atoms with Gasteiger partial charge in [-0.25, -0.2) is 19.9 Å². The molecule has 16 aromatic carbocycles. The second kappa shape index (κ2) is 42.2. The van der Waals surface area contributed by atoms with Crippen LogP contribution < -0.4 is 0 Å². The van der Waals surface area contributed by atoms with Gasteiger partial charge < -0.3 is 0 Å². The van der Waals surface area contributed by atoms with Crippen LogP contribution in [0.1, 0.15) is 0 Å². The summed E-state index contributed by atoms with van der Waals surface area (Å²) in [6, 6.07) is 181. The molecule has 0 unspecified atom stereocenters. The average molecular weight is 1870 g/mol. The summed E-state index contributed by atoms with van der Waals surface area (Å²) in [5, 5.41) is 4.80. The van der Waals surface area contributed by atoms with Crippen LogP contribution >= 0.6 is 0 Å². The summed E-state index contributed by atoms with van der Waals surface area (Å²) < 4.78 is 0. The molecule has 0 amide bonds. The summed E-state index contributed by atoms with van der Waals surface area (Å²) in [6.07, 6.45) is 11.2. The zero-order valence-electron chi connectivity index (χ0n) is 79.6. The highest BCUT2D eigenvalue weighted by molar-refractivity contribution is 6.02. The van der Waals surface area contributed by atoms with Crippen LogP contribution in [0.4, 0.5) is 0 Å². The Morgan fingerprint density at radius 2 is 0.363 bits per heavy atom. The molecular weight excluding hydrogens is 1770 g/mol. The quantitative estimate of drug-likeness (QED) is 0.0727. The predicted octanol–water partition coefficient (Wildman–Crippen LogP) is 34.7. The lowest BCUT2D eigenvalue weighted by Gasteiger charge is -2.15. The predicted molar refractivity (Wildman–Crippen MR) is 601 cm³/mol. The minimum absolute atomic E-state index is 0.656. The van der Waals surface area contributed by atoms with E-state index in [4.69, 9.17) is 34.9 Å². The maximum absolute atomic E-state index is 5.32. The first-order valence-electron chi connectivity index (χ1n) is 48.9. The van der Waals surface area contributed by atoms with Gasteiger partial charge in [0, 0.05) is 115 Å². The molecule has 10 heteroatoms. The Balaban J connectivity index is 0.000000122. The molecule has 146 heavy (non-hydrogen) atoms. The van der Waals surface area contributed by atoms with Crippen molar-refractivity contribution in [1.29, 1.82) is 0 Å². The van der Waals surface area contributed by atoms with E-state index < -0.39 is 0 Å². The minimum atomic E-state index is 0.656. The number of nitrogens with zero attached hydrogens (tertiary/aromatic N) is 10. The summed E-state index contributed by atoms with van der Waals surface area (Å²) in [4.78, 5) is 49.3. The Morgan fingerprint density at radius 3 is 0.719 bits per heavy atom. The first-order chi connectivity index (χ1) is 72.3. The molecule has 0 radical (unpaired) electrons. The number of hydrogen-bond donors (Lipinski definition) is 0. The summed E-state index contributed by atoms with van der Waals surface area (Å²) in [7, 11) is 0. The highest BCUT2D eigenvalue weighted by Crippen LogP contribution is 2.44. The summed E-state index contributed by atoms with van der Waals surface area (Å²) in [6.45, 7) is 0. The van der Waals surface area contributed by atoms with Gasteiger partial charge in [-0.3, -0.25) is 29.9 Å². The van der Waals surface area contributed by atoms with E-state index in [1.807, 2.05) is 146 Å². The van der Waals surface area contributed by atoms with Crippen LogP contribution in [0.15, 0.2) is 559 Å². The Morgan fingerprint density at radius 1 is 0.110 bits per heavy atom. The lowest BCUT2D eigenvalue weighted by molar-refractivity contribution is 1.18. The summed E-state index contributed by atoms with van der Waals surface area (Å²) >= 11 is 0. The topological polar surface area (TPSA) is 129 Å². The van der Waals surface area contributed by atoms with Gasteiger partial charge in [0.05, 0.1) is 68.3 Å². The Kier molecular flexibility index (Phi) is 26.0. The molecule has 0 saturated heterocycles. The molecule has 0 atom stereocenters. The maximum Gasteiger partial charge on any atom is 0.160 e. The number of pyridine rings is 8. The smallest absolute Gasteiger partial charge is 0.160 e. The second-order valence-electron chi connectivity index (χ2n) is 35.8. The van der Waals surface area contributed by atoms with Gasteiger partial charge in [-0.15, -0.1) is 0 Å². The number of fused-ring (bicyclic) bond motifs is 2. The first-order valence-corrected chi connectivity index (χ1v) is 48.9. The van der Waals surface area contributed by atoms with E-state index >= 15 is 0 Å². The Bertz CT molecular complexity index is 8460. The second-order valence-corrected chi connectivity index (χ2v) is 35.8. The van der Waals surface area contributed by atoms with Gasteiger partial charge in [-0.2, -0.15) is 0 Å². The monoisotopic (exact) mass is 1860 g/mol. The van der Waals surface area contributed by atoms with E-state index in [9.17, 15) is 0 Å². The molecule has 25 aromatic rings. The van der Waals surface area contributed by atoms with Gasteiger partial charge in [0.1, 0.15) is 0 Å². The molecule has 686 valence electrons. The average Bonchev–Trinajstić information content (AvgIpc) is 0.764. The fourth-order valence-electron chi connectivity index (χ4n) is 18.9. The maximum atomic E-state index is 5.32. The molecule has 0 aliphatic carbocycles. The third-order valence-electron chi connectivity index (χ3n) is 26.3. The molecule has 0 saturated carbocycles. The van der Waals surface area contributed by atoms with Gasteiger partial charge in [-0.1, -0.05) is 370 Å². The molecule has 0 aliphatic rings. The highest BCUT2D eigenvalue weighted by Gasteiger charge is 2.22. The molecule has 9 heterocycles. The van der Waals surface area contributed by atoms with Gasteiger partial charge in [-0.05, 0) is 246 Å². The van der Waals surface area contributed by atoms with Crippen molar-refractivity contribution in [2.24, 2.45) is 0 Å². The van der Waals surface area contributed by atoms with Crippen LogP contribution in [-0.2, 0) is 0 Å². The highest BCUT2D eigenvalue weighted by atomic mass is 14.9. The van der Waals surface area contributed by atoms with Crippen molar-refractivity contribution in [1.82, 2.24) is 49.8 Å². The fourth-order valence-corrected chi connectivity index (χ4v) is 18.9. The largest absolute Gasteiger partial charge is 0.256 e. The van der Waals surface area contributed by atoms with E-state index in [2.05, 4.69) is 427 Å². The zero-order chi connectivity index (χ0) is 97.5. The number of aromatic nitrogens is 10. The van der Waals surface area contributed by atoms with Crippen LogP contribution in [0, 0.1) is 0 Å². The van der Waals surface area contributed by atoms with E-state index in [-0.39, 0.29) is 0 Å². The molecule has 0 N–H and O–H groups in total. The van der Waals surface area contributed by atoms with Crippen molar-refractivity contribution < 1.29 is 0 Å². The van der Waals surface area contributed by atoms with Crippen LogP contribution in [0.25, 0.3) is 246 Å². The number of rotatable bonds is 20. The van der Waals surface area contributed by atoms with Crippen molar-refractivity contribution in [3.05, 3.63) is 559 Å². The van der Waals surface area contributed by atoms with Gasteiger partial charge in [0.25, 0.3) is 0 Å². The molecule has 0 aliphatic heterocycles. The minimum Gasteiger partial charge on any atom is -0.256 e. The number of benzene rings is 16. The lowest BCUT2D eigenvalue weighted by Crippen LogP contribution is -1.97. The molecule has 0 fully saturated rings. The van der Waals surface area contributed by atoms with E-state index in [1.165, 1.54) is 21.5 Å². The zero-order valence-corrected chi connectivity index (χ0v) is 79.6. The van der Waals surface area contributed by atoms with Crippen molar-refractivity contribution in [3.63, 3.8) is 0 Å². The molecule has 0 spiro atoms. The van der Waals surface area contributed by atoms with E-state index in [0.29, 0.717) is 5.82 Å². The molecule has 10 nitrogen and oxygen atoms in total. The first kappa shape index (κ1) is 90.2. The van der Waals surface area contributed by atoms with Crippen LogP contribution in [-0.4, -0.2) is 49.8 Å². The SMILES string of the molecule is c1ccc(-c2ccc(-c3cc(-c4cc(-c5ccccc5)nc(-c5ccccc5)c4)cc(-c4ccccn4)c3)nc2)cc1.c1ccc(-c2ccc(-c3cc(-c4ccc(-c5ccccn5)cc4)nc(-c4cc(-c5cccc6ccccc56)cc(-c5cccc6ccccc56)c4)n3)cc2)nc1.c1ccc(-c2ccnc(-c3cc(-c4cc(-c5ccccc5)nc(-c5ccccc5)c4)cc(-c4cc(-c5ccccc5)ccn4)c3)c2)cc1. The fraction of sp³-hybridized carbons (Fsp3) is 0. The summed E-state index contributed by atoms with van der Waals surface area (Å²) in [5.41, 5.74) is 40.0. The third kappa shape index (κ3) is 20.4. The van der Waals surface area contributed by atoms with Crippen LogP contribution in [0.5, 0.6) is 0 Å². The van der Waals surface area contributed by atoms with Crippen molar-refractivity contribution in [2.75, 3.05) is 0 Å². The molecule has 0 bridgehead atoms. The van der Waals surface area contributed by atoms with Crippen molar-refractivity contribution >= 4 is 21.5 Å². The van der Waals surface area contributed by atoms with Gasteiger partial charge in [0.2, 0.25) is 0 Å². The van der Waals surface area contributed by atoms with Gasteiger partial charge in [0.15, 0.2) is 5.82 Å². The van der Waals surface area contributed by atoms with E-state index in [1.54, 1.807) is 0 Å². The lowest BCUT2D eigenvalue weighted by atomic mass is 9.91. The van der Waals surface area contributed by atoms with Crippen molar-refractivity contribution in [2.45, 2.75) is 0 Å². The molecule has 9 aromatic heterocycles. The van der Waals surface area contributed by atoms with Crippen molar-refractivity contribution in [3.8, 4) is 224 Å². The van der Waals surface area contributed by atoms with Crippen LogP contribution in [0.3, 0.4) is 0 Å².